The van der Waals surface area contributed by atoms with Crippen molar-refractivity contribution in [1.82, 2.24) is 10.2 Å². The van der Waals surface area contributed by atoms with E-state index in [1.807, 2.05) is 25.1 Å². The molecule has 0 radical (unpaired) electrons. The number of aromatic nitrogens is 2. The summed E-state index contributed by atoms with van der Waals surface area (Å²) in [6.45, 7) is 3.27. The van der Waals surface area contributed by atoms with Gasteiger partial charge in [-0.2, -0.15) is 0 Å². The van der Waals surface area contributed by atoms with E-state index in [4.69, 9.17) is 13.9 Å². The Morgan fingerprint density at radius 1 is 1.07 bits per heavy atom. The second-order valence-corrected chi connectivity index (χ2v) is 7.58. The van der Waals surface area contributed by atoms with E-state index < -0.39 is 4.92 Å². The third-order valence-electron chi connectivity index (χ3n) is 4.15. The molecule has 28 heavy (non-hydrogen) atoms. The fraction of sp³-hybridized carbons (Fsp3) is 0.263. The van der Waals surface area contributed by atoms with Gasteiger partial charge in [0.05, 0.1) is 23.4 Å². The maximum absolute atomic E-state index is 10.8. The van der Waals surface area contributed by atoms with E-state index in [9.17, 15) is 10.1 Å². The Kier molecular flexibility index (Phi) is 5.16. The van der Waals surface area contributed by atoms with Crippen molar-refractivity contribution in [2.45, 2.75) is 23.5 Å². The minimum absolute atomic E-state index is 0.0156. The van der Waals surface area contributed by atoms with Crippen LogP contribution in [-0.4, -0.2) is 28.3 Å². The van der Waals surface area contributed by atoms with Crippen LogP contribution in [0.5, 0.6) is 11.5 Å². The average molecular weight is 399 g/mol. The molecule has 1 atom stereocenters. The first kappa shape index (κ1) is 18.3. The summed E-state index contributed by atoms with van der Waals surface area (Å²) >= 11 is 1.57. The largest absolute Gasteiger partial charge is 0.490 e. The highest BCUT2D eigenvalue weighted by Gasteiger charge is 2.18. The molecule has 0 N–H and O–H groups in total. The fourth-order valence-corrected chi connectivity index (χ4v) is 3.64. The summed E-state index contributed by atoms with van der Waals surface area (Å²) in [4.78, 5) is 11.3. The summed E-state index contributed by atoms with van der Waals surface area (Å²) in [5.41, 5.74) is 0.652. The van der Waals surface area contributed by atoms with Crippen LogP contribution >= 0.6 is 11.8 Å². The van der Waals surface area contributed by atoms with Crippen molar-refractivity contribution in [3.05, 3.63) is 58.5 Å². The van der Waals surface area contributed by atoms with E-state index in [1.165, 1.54) is 12.1 Å². The molecule has 144 valence electrons. The van der Waals surface area contributed by atoms with E-state index in [0.29, 0.717) is 30.6 Å². The number of nitro groups is 1. The molecule has 8 nitrogen and oxygen atoms in total. The Morgan fingerprint density at radius 3 is 2.57 bits per heavy atom. The normalized spacial score (nSPS) is 14.3. The summed E-state index contributed by atoms with van der Waals surface area (Å²) in [6.07, 6.45) is 0.862. The van der Waals surface area contributed by atoms with Crippen molar-refractivity contribution in [3.63, 3.8) is 0 Å². The van der Waals surface area contributed by atoms with Gasteiger partial charge in [-0.05, 0) is 37.3 Å². The third-order valence-corrected chi connectivity index (χ3v) is 5.23. The molecule has 0 saturated heterocycles. The fourth-order valence-electron chi connectivity index (χ4n) is 2.71. The summed E-state index contributed by atoms with van der Waals surface area (Å²) in [5, 5.41) is 18.9. The van der Waals surface area contributed by atoms with Crippen molar-refractivity contribution in [2.75, 3.05) is 13.2 Å². The number of fused-ring (bicyclic) bond motifs is 1. The number of hydrogen-bond acceptors (Lipinski definition) is 8. The Balaban J connectivity index is 1.48. The molecular formula is C19H17N3O5S. The lowest BCUT2D eigenvalue weighted by Gasteiger charge is -2.11. The van der Waals surface area contributed by atoms with E-state index >= 15 is 0 Å². The maximum Gasteiger partial charge on any atom is 0.269 e. The van der Waals surface area contributed by atoms with Crippen LogP contribution in [0.3, 0.4) is 0 Å². The van der Waals surface area contributed by atoms with Gasteiger partial charge >= 0.3 is 0 Å². The van der Waals surface area contributed by atoms with Crippen LogP contribution in [0, 0.1) is 10.1 Å². The topological polar surface area (TPSA) is 101 Å². The van der Waals surface area contributed by atoms with Crippen LogP contribution in [0.25, 0.3) is 11.5 Å². The highest BCUT2D eigenvalue weighted by atomic mass is 32.2. The molecule has 9 heteroatoms. The van der Waals surface area contributed by atoms with Crippen LogP contribution in [0.2, 0.25) is 0 Å². The first-order chi connectivity index (χ1) is 13.6. The van der Waals surface area contributed by atoms with Gasteiger partial charge in [0.1, 0.15) is 0 Å². The Labute approximate surface area is 165 Å². The minimum atomic E-state index is -0.447. The maximum atomic E-state index is 10.8. The highest BCUT2D eigenvalue weighted by Crippen LogP contribution is 2.39. The number of non-ortho nitro benzene ring substituents is 1. The standard InChI is InChI=1S/C19H17N3O5S/c1-12(28-15-7-8-16-17(11-15)26-10-2-9-25-16)18-20-21-19(27-18)13-3-5-14(6-4-13)22(23)24/h3-8,11-12H,2,9-10H2,1H3/t12-/m0/s1. The van der Waals surface area contributed by atoms with E-state index in [2.05, 4.69) is 10.2 Å². The number of hydrogen-bond donors (Lipinski definition) is 0. The summed E-state index contributed by atoms with van der Waals surface area (Å²) in [5.74, 6) is 2.31. The molecule has 0 spiro atoms. The van der Waals surface area contributed by atoms with Crippen molar-refractivity contribution < 1.29 is 18.8 Å². The first-order valence-electron chi connectivity index (χ1n) is 8.75. The van der Waals surface area contributed by atoms with Crippen LogP contribution in [0.4, 0.5) is 5.69 Å². The van der Waals surface area contributed by atoms with Crippen molar-refractivity contribution in [2.24, 2.45) is 0 Å². The summed E-state index contributed by atoms with van der Waals surface area (Å²) in [7, 11) is 0. The molecule has 0 unspecified atom stereocenters. The van der Waals surface area contributed by atoms with E-state index in [-0.39, 0.29) is 10.9 Å². The number of nitro benzene ring substituents is 1. The Hall–Kier alpha value is -3.07. The number of nitrogens with zero attached hydrogens (tertiary/aromatic N) is 3. The van der Waals surface area contributed by atoms with Crippen LogP contribution in [0.1, 0.15) is 24.5 Å². The molecule has 0 amide bonds. The molecule has 1 aromatic heterocycles. The summed E-state index contributed by atoms with van der Waals surface area (Å²) < 4.78 is 17.1. The van der Waals surface area contributed by atoms with Gasteiger partial charge in [-0.25, -0.2) is 0 Å². The third kappa shape index (κ3) is 3.94. The van der Waals surface area contributed by atoms with Gasteiger partial charge in [-0.3, -0.25) is 10.1 Å². The van der Waals surface area contributed by atoms with E-state index in [0.717, 1.165) is 22.8 Å². The summed E-state index contributed by atoms with van der Waals surface area (Å²) in [6, 6.07) is 11.8. The first-order valence-corrected chi connectivity index (χ1v) is 9.62. The smallest absolute Gasteiger partial charge is 0.269 e. The molecular weight excluding hydrogens is 382 g/mol. The number of ether oxygens (including phenoxy) is 2. The molecule has 0 saturated carbocycles. The molecule has 2 aromatic carbocycles. The number of rotatable bonds is 5. The van der Waals surface area contributed by atoms with Crippen LogP contribution in [-0.2, 0) is 0 Å². The van der Waals surface area contributed by atoms with Gasteiger partial charge in [0.15, 0.2) is 11.5 Å². The van der Waals surface area contributed by atoms with Gasteiger partial charge in [0.25, 0.3) is 5.69 Å². The van der Waals surface area contributed by atoms with Gasteiger partial charge < -0.3 is 13.9 Å². The quantitative estimate of drug-likeness (QED) is 0.347. The number of thioether (sulfide) groups is 1. The number of benzene rings is 2. The molecule has 1 aliphatic rings. The molecule has 0 fully saturated rings. The van der Waals surface area contributed by atoms with Crippen molar-refractivity contribution >= 4 is 17.4 Å². The van der Waals surface area contributed by atoms with Crippen molar-refractivity contribution in [1.29, 1.82) is 0 Å². The second kappa shape index (κ2) is 7.89. The SMILES string of the molecule is C[C@H](Sc1ccc2c(c1)OCCCO2)c1nnc(-c2ccc([N+](=O)[O-])cc2)o1. The second-order valence-electron chi connectivity index (χ2n) is 6.17. The average Bonchev–Trinajstić information content (AvgIpc) is 3.08. The predicted octanol–water partition coefficient (Wildman–Crippen LogP) is 4.66. The minimum Gasteiger partial charge on any atom is -0.490 e. The molecule has 3 aromatic rings. The zero-order valence-electron chi connectivity index (χ0n) is 15.0. The zero-order chi connectivity index (χ0) is 19.5. The Morgan fingerprint density at radius 2 is 1.82 bits per heavy atom. The zero-order valence-corrected chi connectivity index (χ0v) is 15.8. The van der Waals surface area contributed by atoms with Crippen molar-refractivity contribution in [3.8, 4) is 23.0 Å². The Bertz CT molecular complexity index is 989. The predicted molar refractivity (Wildman–Crippen MR) is 103 cm³/mol. The van der Waals surface area contributed by atoms with Gasteiger partial charge in [-0.1, -0.05) is 0 Å². The molecule has 0 bridgehead atoms. The lowest BCUT2D eigenvalue weighted by Crippen LogP contribution is -1.97. The van der Waals surface area contributed by atoms with Crippen LogP contribution in [0.15, 0.2) is 51.8 Å². The van der Waals surface area contributed by atoms with Crippen LogP contribution < -0.4 is 9.47 Å². The van der Waals surface area contributed by atoms with E-state index in [1.54, 1.807) is 23.9 Å². The molecule has 2 heterocycles. The molecule has 1 aliphatic heterocycles. The molecule has 4 rings (SSSR count). The lowest BCUT2D eigenvalue weighted by molar-refractivity contribution is -0.384. The lowest BCUT2D eigenvalue weighted by atomic mass is 10.2. The monoisotopic (exact) mass is 399 g/mol. The van der Waals surface area contributed by atoms with Gasteiger partial charge in [0.2, 0.25) is 11.8 Å². The molecule has 0 aliphatic carbocycles. The van der Waals surface area contributed by atoms with Gasteiger partial charge in [-0.15, -0.1) is 22.0 Å². The highest BCUT2D eigenvalue weighted by molar-refractivity contribution is 7.99. The van der Waals surface area contributed by atoms with Gasteiger partial charge in [0, 0.05) is 29.0 Å².